The molecule has 17 heavy (non-hydrogen) atoms. The molecule has 0 aliphatic rings. The van der Waals surface area contributed by atoms with Gasteiger partial charge in [0.1, 0.15) is 11.6 Å². The van der Waals surface area contributed by atoms with E-state index >= 15 is 0 Å². The normalized spacial score (nSPS) is 10.3. The lowest BCUT2D eigenvalue weighted by atomic mass is 10.1. The Morgan fingerprint density at radius 2 is 1.71 bits per heavy atom. The molecule has 2 aromatic rings. The average molecular weight is 295 g/mol. The van der Waals surface area contributed by atoms with Crippen LogP contribution in [-0.4, -0.2) is 7.11 Å². The van der Waals surface area contributed by atoms with Crippen molar-refractivity contribution in [1.29, 1.82) is 0 Å². The Kier molecular flexibility index (Phi) is 3.79. The van der Waals surface area contributed by atoms with Crippen molar-refractivity contribution in [3.05, 3.63) is 63.9 Å². The predicted molar refractivity (Wildman–Crippen MR) is 69.9 cm³/mol. The third-order valence-corrected chi connectivity index (χ3v) is 3.16. The van der Waals surface area contributed by atoms with E-state index in [4.69, 9.17) is 4.74 Å². The summed E-state index contributed by atoms with van der Waals surface area (Å²) in [5.74, 6) is 0.609. The maximum atomic E-state index is 13.1. The second-order valence-electron chi connectivity index (χ2n) is 3.77. The van der Waals surface area contributed by atoms with Gasteiger partial charge in [-0.15, -0.1) is 0 Å². The van der Waals surface area contributed by atoms with Crippen molar-refractivity contribution < 1.29 is 9.13 Å². The molecule has 0 unspecified atom stereocenters. The molecule has 88 valence electrons. The van der Waals surface area contributed by atoms with Crippen LogP contribution in [0, 0.1) is 5.82 Å². The first kappa shape index (κ1) is 12.1. The molecule has 0 saturated heterocycles. The Morgan fingerprint density at radius 3 is 2.29 bits per heavy atom. The van der Waals surface area contributed by atoms with E-state index in [0.29, 0.717) is 4.47 Å². The molecule has 2 aromatic carbocycles. The summed E-state index contributed by atoms with van der Waals surface area (Å²) < 4.78 is 18.7. The molecule has 0 radical (unpaired) electrons. The smallest absolute Gasteiger partial charge is 0.137 e. The highest BCUT2D eigenvalue weighted by Gasteiger charge is 2.02. The van der Waals surface area contributed by atoms with Crippen LogP contribution in [0.2, 0.25) is 0 Å². The van der Waals surface area contributed by atoms with Gasteiger partial charge in [0, 0.05) is 0 Å². The molecule has 0 bridgehead atoms. The minimum atomic E-state index is -0.233. The number of benzene rings is 2. The van der Waals surface area contributed by atoms with Gasteiger partial charge in [-0.25, -0.2) is 4.39 Å². The maximum absolute atomic E-state index is 13.1. The Balaban J connectivity index is 2.16. The topological polar surface area (TPSA) is 9.23 Å². The number of hydrogen-bond acceptors (Lipinski definition) is 1. The minimum Gasteiger partial charge on any atom is -0.497 e. The summed E-state index contributed by atoms with van der Waals surface area (Å²) in [6.07, 6.45) is 0.781. The third-order valence-electron chi connectivity index (χ3n) is 2.55. The Hall–Kier alpha value is -1.35. The van der Waals surface area contributed by atoms with E-state index < -0.39 is 0 Å². The first-order valence-corrected chi connectivity index (χ1v) is 6.05. The second kappa shape index (κ2) is 5.32. The van der Waals surface area contributed by atoms with Crippen molar-refractivity contribution in [2.75, 3.05) is 7.11 Å². The molecule has 0 N–H and O–H groups in total. The SMILES string of the molecule is COc1ccc(Cc2ccc(F)c(Br)c2)cc1. The molecule has 2 rings (SSSR count). The lowest BCUT2D eigenvalue weighted by Crippen LogP contribution is -1.90. The van der Waals surface area contributed by atoms with E-state index in [1.54, 1.807) is 19.2 Å². The third kappa shape index (κ3) is 3.07. The van der Waals surface area contributed by atoms with E-state index in [2.05, 4.69) is 15.9 Å². The van der Waals surface area contributed by atoms with Gasteiger partial charge in [-0.2, -0.15) is 0 Å². The highest BCUT2D eigenvalue weighted by atomic mass is 79.9. The summed E-state index contributed by atoms with van der Waals surface area (Å²) in [6.45, 7) is 0. The van der Waals surface area contributed by atoms with Crippen molar-refractivity contribution >= 4 is 15.9 Å². The van der Waals surface area contributed by atoms with Crippen molar-refractivity contribution in [2.45, 2.75) is 6.42 Å². The van der Waals surface area contributed by atoms with Crippen molar-refractivity contribution in [2.24, 2.45) is 0 Å². The van der Waals surface area contributed by atoms with Gasteiger partial charge in [0.05, 0.1) is 11.6 Å². The highest BCUT2D eigenvalue weighted by molar-refractivity contribution is 9.10. The number of halogens is 2. The predicted octanol–water partition coefficient (Wildman–Crippen LogP) is 4.19. The molecule has 0 heterocycles. The molecule has 0 fully saturated rings. The van der Waals surface area contributed by atoms with Crippen molar-refractivity contribution in [3.63, 3.8) is 0 Å². The standard InChI is InChI=1S/C14H12BrFO/c1-17-12-5-2-10(3-6-12)8-11-4-7-14(16)13(15)9-11/h2-7,9H,8H2,1H3. The van der Waals surface area contributed by atoms with Gasteiger partial charge < -0.3 is 4.74 Å². The molecule has 0 saturated carbocycles. The first-order chi connectivity index (χ1) is 8.19. The number of ether oxygens (including phenoxy) is 1. The van der Waals surface area contributed by atoms with Gasteiger partial charge in [0.25, 0.3) is 0 Å². The lowest BCUT2D eigenvalue weighted by molar-refractivity contribution is 0.414. The maximum Gasteiger partial charge on any atom is 0.137 e. The van der Waals surface area contributed by atoms with Crippen LogP contribution in [-0.2, 0) is 6.42 Å². The molecule has 0 amide bonds. The van der Waals surface area contributed by atoms with E-state index in [9.17, 15) is 4.39 Å². The Labute approximate surface area is 108 Å². The van der Waals surface area contributed by atoms with Crippen LogP contribution in [0.25, 0.3) is 0 Å². The lowest BCUT2D eigenvalue weighted by Gasteiger charge is -2.05. The van der Waals surface area contributed by atoms with Crippen LogP contribution in [0.3, 0.4) is 0 Å². The summed E-state index contributed by atoms with van der Waals surface area (Å²) >= 11 is 3.19. The van der Waals surface area contributed by atoms with Crippen LogP contribution in [0.15, 0.2) is 46.9 Å². The fourth-order valence-corrected chi connectivity index (χ4v) is 2.05. The van der Waals surface area contributed by atoms with Crippen molar-refractivity contribution in [1.82, 2.24) is 0 Å². The molecule has 0 aromatic heterocycles. The highest BCUT2D eigenvalue weighted by Crippen LogP contribution is 2.20. The molecule has 0 atom stereocenters. The van der Waals surface area contributed by atoms with E-state index in [1.165, 1.54) is 11.6 Å². The summed E-state index contributed by atoms with van der Waals surface area (Å²) in [7, 11) is 1.64. The van der Waals surface area contributed by atoms with Crippen LogP contribution in [0.1, 0.15) is 11.1 Å². The van der Waals surface area contributed by atoms with Crippen LogP contribution < -0.4 is 4.74 Å². The van der Waals surface area contributed by atoms with Gasteiger partial charge in [0.15, 0.2) is 0 Å². The Morgan fingerprint density at radius 1 is 1.06 bits per heavy atom. The summed E-state index contributed by atoms with van der Waals surface area (Å²) in [6, 6.07) is 12.9. The van der Waals surface area contributed by atoms with E-state index in [-0.39, 0.29) is 5.82 Å². The molecule has 0 spiro atoms. The monoisotopic (exact) mass is 294 g/mol. The summed E-state index contributed by atoms with van der Waals surface area (Å²) in [5, 5.41) is 0. The molecular formula is C14H12BrFO. The van der Waals surface area contributed by atoms with Gasteiger partial charge in [0.2, 0.25) is 0 Å². The minimum absolute atomic E-state index is 0.233. The fraction of sp³-hybridized carbons (Fsp3) is 0.143. The van der Waals surface area contributed by atoms with Gasteiger partial charge in [-0.05, 0) is 57.7 Å². The average Bonchev–Trinajstić information content (AvgIpc) is 2.35. The van der Waals surface area contributed by atoms with Crippen LogP contribution in [0.5, 0.6) is 5.75 Å². The molecular weight excluding hydrogens is 283 g/mol. The molecule has 0 aliphatic carbocycles. The quantitative estimate of drug-likeness (QED) is 0.825. The zero-order valence-electron chi connectivity index (χ0n) is 9.41. The number of rotatable bonds is 3. The second-order valence-corrected chi connectivity index (χ2v) is 4.63. The fourth-order valence-electron chi connectivity index (χ4n) is 1.63. The van der Waals surface area contributed by atoms with Gasteiger partial charge in [-0.1, -0.05) is 18.2 Å². The molecule has 3 heteroatoms. The van der Waals surface area contributed by atoms with Gasteiger partial charge >= 0.3 is 0 Å². The summed E-state index contributed by atoms with van der Waals surface area (Å²) in [5.41, 5.74) is 2.24. The van der Waals surface area contributed by atoms with E-state index in [0.717, 1.165) is 17.7 Å². The van der Waals surface area contributed by atoms with Crippen LogP contribution in [0.4, 0.5) is 4.39 Å². The summed E-state index contributed by atoms with van der Waals surface area (Å²) in [4.78, 5) is 0. The number of methoxy groups -OCH3 is 1. The van der Waals surface area contributed by atoms with E-state index in [1.807, 2.05) is 24.3 Å². The molecule has 1 nitrogen and oxygen atoms in total. The Bertz CT molecular complexity index is 508. The zero-order valence-corrected chi connectivity index (χ0v) is 11.0. The van der Waals surface area contributed by atoms with Gasteiger partial charge in [-0.3, -0.25) is 0 Å². The first-order valence-electron chi connectivity index (χ1n) is 5.26. The molecule has 0 aliphatic heterocycles. The van der Waals surface area contributed by atoms with Crippen molar-refractivity contribution in [3.8, 4) is 5.75 Å². The number of hydrogen-bond donors (Lipinski definition) is 0. The largest absolute Gasteiger partial charge is 0.497 e. The van der Waals surface area contributed by atoms with Crippen LogP contribution >= 0.6 is 15.9 Å². The zero-order chi connectivity index (χ0) is 12.3.